The first-order valence-corrected chi connectivity index (χ1v) is 9.51. The van der Waals surface area contributed by atoms with Crippen LogP contribution in [0.2, 0.25) is 0 Å². The van der Waals surface area contributed by atoms with Crippen LogP contribution in [0.5, 0.6) is 0 Å². The molecule has 1 aliphatic heterocycles. The molecule has 6 heteroatoms. The van der Waals surface area contributed by atoms with Crippen molar-refractivity contribution in [3.05, 3.63) is 46.5 Å². The van der Waals surface area contributed by atoms with Crippen molar-refractivity contribution < 1.29 is 9.69 Å². The number of fused-ring (bicyclic) bond motifs is 1. The largest absolute Gasteiger partial charge is 0.334 e. The van der Waals surface area contributed by atoms with E-state index >= 15 is 0 Å². The Labute approximate surface area is 151 Å². The number of benzene rings is 1. The Balaban J connectivity index is 1.71. The molecule has 2 aromatic heterocycles. The number of amides is 1. The maximum absolute atomic E-state index is 12.9. The summed E-state index contributed by atoms with van der Waals surface area (Å²) < 4.78 is 1.97. The topological polar surface area (TPSA) is 42.6 Å². The molecular weight excluding hydrogens is 332 g/mol. The lowest BCUT2D eigenvalue weighted by molar-refractivity contribution is -0.883. The van der Waals surface area contributed by atoms with Crippen molar-refractivity contribution in [3.8, 4) is 5.69 Å². The number of hydrogen-bond acceptors (Lipinski definition) is 3. The van der Waals surface area contributed by atoms with Crippen molar-refractivity contribution >= 4 is 27.5 Å². The predicted octanol–water partition coefficient (Wildman–Crippen LogP) is 1.67. The number of carbonyl (C=O) groups excluding carboxylic acids is 1. The maximum Gasteiger partial charge on any atom is 0.264 e. The van der Waals surface area contributed by atoms with Crippen LogP contribution in [0, 0.1) is 13.8 Å². The summed E-state index contributed by atoms with van der Waals surface area (Å²) in [6, 6.07) is 10.3. The lowest BCUT2D eigenvalue weighted by Gasteiger charge is -2.29. The fraction of sp³-hybridized carbons (Fsp3) is 0.368. The van der Waals surface area contributed by atoms with Crippen LogP contribution in [0.25, 0.3) is 15.9 Å². The third kappa shape index (κ3) is 2.96. The summed E-state index contributed by atoms with van der Waals surface area (Å²) in [6.45, 7) is 7.80. The molecule has 1 aliphatic rings. The van der Waals surface area contributed by atoms with Crippen LogP contribution in [0.15, 0.2) is 30.3 Å². The molecule has 1 N–H and O–H groups in total. The molecule has 0 atom stereocenters. The molecule has 5 nitrogen and oxygen atoms in total. The minimum atomic E-state index is 0.156. The first kappa shape index (κ1) is 16.3. The number of hydrogen-bond donors (Lipinski definition) is 1. The summed E-state index contributed by atoms with van der Waals surface area (Å²) in [5.41, 5.74) is 3.21. The van der Waals surface area contributed by atoms with Crippen LogP contribution < -0.4 is 4.90 Å². The zero-order valence-corrected chi connectivity index (χ0v) is 15.7. The van der Waals surface area contributed by atoms with E-state index in [4.69, 9.17) is 0 Å². The maximum atomic E-state index is 12.9. The van der Waals surface area contributed by atoms with Gasteiger partial charge in [-0.25, -0.2) is 4.68 Å². The Kier molecular flexibility index (Phi) is 4.09. The number of piperazine rings is 1. The highest BCUT2D eigenvalue weighted by atomic mass is 32.1. The highest BCUT2D eigenvalue weighted by Crippen LogP contribution is 2.31. The Morgan fingerprint density at radius 2 is 1.96 bits per heavy atom. The molecular formula is C19H23N4OS+. The van der Waals surface area contributed by atoms with E-state index in [-0.39, 0.29) is 5.91 Å². The Morgan fingerprint density at radius 1 is 1.20 bits per heavy atom. The average Bonchev–Trinajstić information content (AvgIpc) is 3.16. The van der Waals surface area contributed by atoms with Crippen molar-refractivity contribution in [1.82, 2.24) is 14.7 Å². The lowest BCUT2D eigenvalue weighted by Crippen LogP contribution is -3.12. The molecule has 130 valence electrons. The van der Waals surface area contributed by atoms with Gasteiger partial charge in [0.2, 0.25) is 0 Å². The first-order valence-electron chi connectivity index (χ1n) is 8.70. The van der Waals surface area contributed by atoms with Crippen LogP contribution in [-0.2, 0) is 0 Å². The molecule has 1 saturated heterocycles. The van der Waals surface area contributed by atoms with E-state index < -0.39 is 0 Å². The minimum Gasteiger partial charge on any atom is -0.334 e. The molecule has 0 bridgehead atoms. The highest BCUT2D eigenvalue weighted by Gasteiger charge is 2.25. The van der Waals surface area contributed by atoms with Crippen molar-refractivity contribution in [3.63, 3.8) is 0 Å². The smallest absolute Gasteiger partial charge is 0.264 e. The number of nitrogens with zero attached hydrogens (tertiary/aromatic N) is 3. The summed E-state index contributed by atoms with van der Waals surface area (Å²) in [5.74, 6) is 0.156. The van der Waals surface area contributed by atoms with Crippen LogP contribution >= 0.6 is 11.3 Å². The molecule has 0 unspecified atom stereocenters. The van der Waals surface area contributed by atoms with Gasteiger partial charge in [0.1, 0.15) is 4.83 Å². The molecule has 1 amide bonds. The molecule has 25 heavy (non-hydrogen) atoms. The number of aryl methyl sites for hydroxylation is 2. The second-order valence-corrected chi connectivity index (χ2v) is 7.95. The van der Waals surface area contributed by atoms with Gasteiger partial charge in [-0.3, -0.25) is 4.79 Å². The van der Waals surface area contributed by atoms with Gasteiger partial charge in [-0.15, -0.1) is 11.3 Å². The standard InChI is InChI=1S/C19H22N4OS/c1-13-5-4-6-15(11-13)23-19-16(14(2)20-23)12-17(25-19)18(24)22-9-7-21(3)8-10-22/h4-6,11-12H,7-10H2,1-3H3/p+1. The van der Waals surface area contributed by atoms with Crippen molar-refractivity contribution in [2.45, 2.75) is 13.8 Å². The summed E-state index contributed by atoms with van der Waals surface area (Å²) in [6.07, 6.45) is 0. The first-order chi connectivity index (χ1) is 12.0. The van der Waals surface area contributed by atoms with Crippen LogP contribution in [-0.4, -0.2) is 53.8 Å². The van der Waals surface area contributed by atoms with Crippen LogP contribution in [0.4, 0.5) is 0 Å². The summed E-state index contributed by atoms with van der Waals surface area (Å²) in [7, 11) is 2.18. The van der Waals surface area contributed by atoms with Gasteiger partial charge in [0, 0.05) is 5.39 Å². The summed E-state index contributed by atoms with van der Waals surface area (Å²) >= 11 is 1.55. The number of likely N-dealkylation sites (N-methyl/N-ethyl adjacent to an activating group) is 1. The van der Waals surface area contributed by atoms with Crippen molar-refractivity contribution in [1.29, 1.82) is 0 Å². The highest BCUT2D eigenvalue weighted by molar-refractivity contribution is 7.20. The molecule has 3 heterocycles. The number of thiophene rings is 1. The number of rotatable bonds is 2. The van der Waals surface area contributed by atoms with E-state index in [0.29, 0.717) is 0 Å². The normalized spacial score (nSPS) is 15.9. The SMILES string of the molecule is Cc1cccc(-n2nc(C)c3cc(C(=O)N4CC[NH+](C)CC4)sc32)c1. The monoisotopic (exact) mass is 355 g/mol. The van der Waals surface area contributed by atoms with E-state index in [2.05, 4.69) is 37.3 Å². The molecule has 1 aromatic carbocycles. The molecule has 4 rings (SSSR count). The van der Waals surface area contributed by atoms with Gasteiger partial charge in [-0.2, -0.15) is 5.10 Å². The van der Waals surface area contributed by atoms with Crippen LogP contribution in [0.1, 0.15) is 20.9 Å². The number of quaternary nitrogens is 1. The van der Waals surface area contributed by atoms with Gasteiger partial charge in [-0.05, 0) is 37.6 Å². The lowest BCUT2D eigenvalue weighted by atomic mass is 10.2. The Bertz CT molecular complexity index is 934. The van der Waals surface area contributed by atoms with Gasteiger partial charge < -0.3 is 9.80 Å². The van der Waals surface area contributed by atoms with Crippen molar-refractivity contribution in [2.75, 3.05) is 33.2 Å². The van der Waals surface area contributed by atoms with Gasteiger partial charge in [0.25, 0.3) is 5.91 Å². The van der Waals surface area contributed by atoms with Gasteiger partial charge >= 0.3 is 0 Å². The van der Waals surface area contributed by atoms with E-state index in [1.54, 1.807) is 11.3 Å². The third-order valence-electron chi connectivity index (χ3n) is 4.91. The minimum absolute atomic E-state index is 0.156. The number of aromatic nitrogens is 2. The summed E-state index contributed by atoms with van der Waals surface area (Å²) in [5, 5.41) is 5.76. The Hall–Kier alpha value is -2.18. The third-order valence-corrected chi connectivity index (χ3v) is 6.00. The summed E-state index contributed by atoms with van der Waals surface area (Å²) in [4.78, 5) is 18.2. The molecule has 0 aliphatic carbocycles. The van der Waals surface area contributed by atoms with Gasteiger partial charge in [0.15, 0.2) is 0 Å². The second kappa shape index (κ2) is 6.28. The van der Waals surface area contributed by atoms with E-state index in [1.807, 2.05) is 28.6 Å². The number of carbonyl (C=O) groups is 1. The zero-order valence-electron chi connectivity index (χ0n) is 14.9. The van der Waals surface area contributed by atoms with E-state index in [1.165, 1.54) is 10.5 Å². The average molecular weight is 355 g/mol. The zero-order chi connectivity index (χ0) is 17.6. The molecule has 1 fully saturated rings. The second-order valence-electron chi connectivity index (χ2n) is 6.92. The fourth-order valence-electron chi connectivity index (χ4n) is 3.33. The molecule has 0 radical (unpaired) electrons. The predicted molar refractivity (Wildman–Crippen MR) is 101 cm³/mol. The van der Waals surface area contributed by atoms with E-state index in [0.717, 1.165) is 52.7 Å². The molecule has 3 aromatic rings. The van der Waals surface area contributed by atoms with Crippen LogP contribution in [0.3, 0.4) is 0 Å². The fourth-order valence-corrected chi connectivity index (χ4v) is 4.49. The van der Waals surface area contributed by atoms with E-state index in [9.17, 15) is 4.79 Å². The van der Waals surface area contributed by atoms with Gasteiger partial charge in [0.05, 0.1) is 49.5 Å². The number of nitrogens with one attached hydrogen (secondary N) is 1. The van der Waals surface area contributed by atoms with Crippen molar-refractivity contribution in [2.24, 2.45) is 0 Å². The molecule has 0 saturated carbocycles. The Morgan fingerprint density at radius 3 is 2.68 bits per heavy atom. The van der Waals surface area contributed by atoms with Gasteiger partial charge in [-0.1, -0.05) is 12.1 Å². The molecule has 0 spiro atoms. The quantitative estimate of drug-likeness (QED) is 0.760.